The van der Waals surface area contributed by atoms with E-state index < -0.39 is 16.1 Å². The van der Waals surface area contributed by atoms with Gasteiger partial charge in [-0.25, -0.2) is 13.1 Å². The molecule has 0 bridgehead atoms. The fraction of sp³-hybridized carbons (Fsp3) is 0.533. The predicted octanol–water partition coefficient (Wildman–Crippen LogP) is 0.363. The zero-order valence-corrected chi connectivity index (χ0v) is 13.8. The third kappa shape index (κ3) is 4.08. The van der Waals surface area contributed by atoms with Crippen molar-refractivity contribution < 1.29 is 17.9 Å². The van der Waals surface area contributed by atoms with Gasteiger partial charge < -0.3 is 15.4 Å². The third-order valence-corrected chi connectivity index (χ3v) is 5.55. The van der Waals surface area contributed by atoms with Crippen molar-refractivity contribution in [1.82, 2.24) is 10.0 Å². The van der Waals surface area contributed by atoms with Crippen LogP contribution in [0.3, 0.4) is 0 Å². The molecule has 7 nitrogen and oxygen atoms in total. The first kappa shape index (κ1) is 16.4. The normalized spacial score (nSPS) is 21.9. The Morgan fingerprint density at radius 3 is 2.78 bits per heavy atom. The molecule has 1 aliphatic heterocycles. The Kier molecular flexibility index (Phi) is 4.67. The van der Waals surface area contributed by atoms with Crippen LogP contribution in [0, 0.1) is 6.92 Å². The topological polar surface area (TPSA) is 96.5 Å². The summed E-state index contributed by atoms with van der Waals surface area (Å²) in [5, 5.41) is 5.81. The van der Waals surface area contributed by atoms with E-state index in [9.17, 15) is 13.2 Å². The van der Waals surface area contributed by atoms with Gasteiger partial charge in [0.05, 0.1) is 18.1 Å². The summed E-state index contributed by atoms with van der Waals surface area (Å²) in [6.07, 6.45) is 1.75. The van der Waals surface area contributed by atoms with Crippen molar-refractivity contribution in [2.45, 2.75) is 36.7 Å². The molecule has 0 aromatic heterocycles. The molecule has 23 heavy (non-hydrogen) atoms. The SMILES string of the molecule is Cc1ccc(NC(=O)C2COCCN2)cc1S(=O)(=O)NC1CC1. The van der Waals surface area contributed by atoms with Gasteiger partial charge in [-0.05, 0) is 37.5 Å². The van der Waals surface area contributed by atoms with E-state index >= 15 is 0 Å². The van der Waals surface area contributed by atoms with Crippen molar-refractivity contribution in [3.8, 4) is 0 Å². The van der Waals surface area contributed by atoms with E-state index in [2.05, 4.69) is 15.4 Å². The van der Waals surface area contributed by atoms with Crippen LogP contribution in [0.2, 0.25) is 0 Å². The van der Waals surface area contributed by atoms with Gasteiger partial charge in [0, 0.05) is 18.3 Å². The molecule has 126 valence electrons. The minimum absolute atomic E-state index is 0.0428. The second-order valence-electron chi connectivity index (χ2n) is 5.95. The van der Waals surface area contributed by atoms with Crippen molar-refractivity contribution >= 4 is 21.6 Å². The van der Waals surface area contributed by atoms with Gasteiger partial charge in [-0.3, -0.25) is 4.79 Å². The fourth-order valence-corrected chi connectivity index (χ4v) is 3.99. The molecule has 1 aromatic rings. The fourth-order valence-electron chi connectivity index (χ4n) is 2.41. The van der Waals surface area contributed by atoms with Crippen LogP contribution in [0.4, 0.5) is 5.69 Å². The van der Waals surface area contributed by atoms with Gasteiger partial charge in [0.1, 0.15) is 6.04 Å². The summed E-state index contributed by atoms with van der Waals surface area (Å²) in [6, 6.07) is 4.52. The van der Waals surface area contributed by atoms with Crippen LogP contribution in [0.1, 0.15) is 18.4 Å². The number of rotatable bonds is 5. The van der Waals surface area contributed by atoms with E-state index in [1.807, 2.05) is 0 Å². The Balaban J connectivity index is 1.75. The van der Waals surface area contributed by atoms with E-state index in [4.69, 9.17) is 4.74 Å². The van der Waals surface area contributed by atoms with Gasteiger partial charge in [0.2, 0.25) is 15.9 Å². The number of carbonyl (C=O) groups excluding carboxylic acids is 1. The summed E-state index contributed by atoms with van der Waals surface area (Å²) >= 11 is 0. The van der Waals surface area contributed by atoms with Crippen molar-refractivity contribution in [3.05, 3.63) is 23.8 Å². The van der Waals surface area contributed by atoms with E-state index in [-0.39, 0.29) is 16.8 Å². The summed E-state index contributed by atoms with van der Waals surface area (Å²) in [5.41, 5.74) is 1.11. The van der Waals surface area contributed by atoms with Crippen molar-refractivity contribution in [2.24, 2.45) is 0 Å². The largest absolute Gasteiger partial charge is 0.378 e. The first-order valence-electron chi connectivity index (χ1n) is 7.71. The lowest BCUT2D eigenvalue weighted by molar-refractivity contribution is -0.120. The lowest BCUT2D eigenvalue weighted by Crippen LogP contribution is -2.48. The number of hydrogen-bond donors (Lipinski definition) is 3. The maximum Gasteiger partial charge on any atom is 0.243 e. The standard InChI is InChI=1S/C15H21N3O4S/c1-10-2-3-12(17-15(19)13-9-22-7-6-16-13)8-14(10)23(20,21)18-11-4-5-11/h2-3,8,11,13,16,18H,4-7,9H2,1H3,(H,17,19). The number of aryl methyl sites for hydroxylation is 1. The van der Waals surface area contributed by atoms with E-state index in [0.717, 1.165) is 12.8 Å². The highest BCUT2D eigenvalue weighted by molar-refractivity contribution is 7.89. The highest BCUT2D eigenvalue weighted by atomic mass is 32.2. The highest BCUT2D eigenvalue weighted by Crippen LogP contribution is 2.25. The minimum atomic E-state index is -3.55. The lowest BCUT2D eigenvalue weighted by atomic mass is 10.2. The number of sulfonamides is 1. The van der Waals surface area contributed by atoms with Gasteiger partial charge in [-0.1, -0.05) is 6.07 Å². The second-order valence-corrected chi connectivity index (χ2v) is 7.63. The second kappa shape index (κ2) is 6.56. The maximum absolute atomic E-state index is 12.4. The van der Waals surface area contributed by atoms with Crippen LogP contribution in [0.25, 0.3) is 0 Å². The number of anilines is 1. The number of carbonyl (C=O) groups is 1. The number of amides is 1. The van der Waals surface area contributed by atoms with Crippen LogP contribution in [0.15, 0.2) is 23.1 Å². The van der Waals surface area contributed by atoms with Crippen LogP contribution in [-0.2, 0) is 19.6 Å². The molecule has 3 rings (SSSR count). The Morgan fingerprint density at radius 2 is 2.13 bits per heavy atom. The smallest absolute Gasteiger partial charge is 0.243 e. The summed E-state index contributed by atoms with van der Waals surface area (Å²) < 4.78 is 32.7. The first-order valence-corrected chi connectivity index (χ1v) is 9.19. The Morgan fingerprint density at radius 1 is 1.35 bits per heavy atom. The molecule has 3 N–H and O–H groups in total. The van der Waals surface area contributed by atoms with Gasteiger partial charge in [-0.15, -0.1) is 0 Å². The van der Waals surface area contributed by atoms with Crippen LogP contribution >= 0.6 is 0 Å². The molecule has 1 unspecified atom stereocenters. The zero-order valence-electron chi connectivity index (χ0n) is 13.0. The zero-order chi connectivity index (χ0) is 16.4. The first-order chi connectivity index (χ1) is 11.0. The number of nitrogens with one attached hydrogen (secondary N) is 3. The molecular formula is C15H21N3O4S. The molecule has 1 aliphatic carbocycles. The Bertz CT molecular complexity index is 695. The molecule has 1 heterocycles. The Labute approximate surface area is 135 Å². The molecule has 1 saturated carbocycles. The summed E-state index contributed by atoms with van der Waals surface area (Å²) in [6.45, 7) is 3.26. The molecule has 0 radical (unpaired) electrons. The summed E-state index contributed by atoms with van der Waals surface area (Å²) in [7, 11) is -3.55. The molecule has 0 spiro atoms. The molecule has 1 atom stereocenters. The van der Waals surface area contributed by atoms with Crippen molar-refractivity contribution in [1.29, 1.82) is 0 Å². The van der Waals surface area contributed by atoms with E-state index in [0.29, 0.717) is 31.0 Å². The quantitative estimate of drug-likeness (QED) is 0.720. The van der Waals surface area contributed by atoms with Crippen LogP contribution in [-0.4, -0.2) is 46.2 Å². The number of morpholine rings is 1. The van der Waals surface area contributed by atoms with Crippen molar-refractivity contribution in [3.63, 3.8) is 0 Å². The van der Waals surface area contributed by atoms with E-state index in [1.54, 1.807) is 19.1 Å². The highest BCUT2D eigenvalue weighted by Gasteiger charge is 2.29. The lowest BCUT2D eigenvalue weighted by Gasteiger charge is -2.23. The average molecular weight is 339 g/mol. The molecule has 8 heteroatoms. The number of hydrogen-bond acceptors (Lipinski definition) is 5. The monoisotopic (exact) mass is 339 g/mol. The van der Waals surface area contributed by atoms with Gasteiger partial charge in [0.15, 0.2) is 0 Å². The molecule has 1 saturated heterocycles. The average Bonchev–Trinajstić information content (AvgIpc) is 3.33. The van der Waals surface area contributed by atoms with Gasteiger partial charge in [0.25, 0.3) is 0 Å². The molecule has 1 aromatic carbocycles. The van der Waals surface area contributed by atoms with E-state index in [1.165, 1.54) is 6.07 Å². The third-order valence-electron chi connectivity index (χ3n) is 3.88. The summed E-state index contributed by atoms with van der Waals surface area (Å²) in [5.74, 6) is -0.230. The number of ether oxygens (including phenoxy) is 1. The van der Waals surface area contributed by atoms with Crippen LogP contribution in [0.5, 0.6) is 0 Å². The van der Waals surface area contributed by atoms with Crippen molar-refractivity contribution in [2.75, 3.05) is 25.1 Å². The van der Waals surface area contributed by atoms with Gasteiger partial charge >= 0.3 is 0 Å². The van der Waals surface area contributed by atoms with Crippen LogP contribution < -0.4 is 15.4 Å². The maximum atomic E-state index is 12.4. The Hall–Kier alpha value is -1.48. The molecule has 1 amide bonds. The molecule has 2 aliphatic rings. The predicted molar refractivity (Wildman–Crippen MR) is 85.8 cm³/mol. The minimum Gasteiger partial charge on any atom is -0.378 e. The molecule has 2 fully saturated rings. The van der Waals surface area contributed by atoms with Gasteiger partial charge in [-0.2, -0.15) is 0 Å². The number of benzene rings is 1. The summed E-state index contributed by atoms with van der Waals surface area (Å²) in [4.78, 5) is 12.4. The molecular weight excluding hydrogens is 318 g/mol.